The van der Waals surface area contributed by atoms with Crippen molar-refractivity contribution in [1.29, 1.82) is 0 Å². The minimum absolute atomic E-state index is 0.993. The van der Waals surface area contributed by atoms with E-state index in [4.69, 9.17) is 0 Å². The molecule has 2 aromatic heterocycles. The molecule has 0 unspecified atom stereocenters. The number of fused-ring (bicyclic) bond motifs is 2. The van der Waals surface area contributed by atoms with Crippen LogP contribution in [0.5, 0.6) is 0 Å². The monoisotopic (exact) mass is 346 g/mol. The molecule has 2 aliphatic rings. The third-order valence-electron chi connectivity index (χ3n) is 5.53. The SMILES string of the molecule is c1nc2c(c(N3CCN(c4ccc5ncncc5c4)CC3)n1)CCCC2. The third-order valence-corrected chi connectivity index (χ3v) is 5.53. The first kappa shape index (κ1) is 15.5. The predicted molar refractivity (Wildman–Crippen MR) is 103 cm³/mol. The zero-order valence-corrected chi connectivity index (χ0v) is 14.8. The Morgan fingerprint density at radius 3 is 2.58 bits per heavy atom. The first-order valence-corrected chi connectivity index (χ1v) is 9.41. The highest BCUT2D eigenvalue weighted by Crippen LogP contribution is 2.29. The molecule has 6 nitrogen and oxygen atoms in total. The van der Waals surface area contributed by atoms with Gasteiger partial charge in [-0.25, -0.2) is 19.9 Å². The van der Waals surface area contributed by atoms with Crippen LogP contribution in [-0.4, -0.2) is 46.1 Å². The molecule has 0 saturated carbocycles. The first-order valence-electron chi connectivity index (χ1n) is 9.41. The molecule has 0 N–H and O–H groups in total. The summed E-state index contributed by atoms with van der Waals surface area (Å²) in [4.78, 5) is 22.5. The Hall–Kier alpha value is -2.76. The number of aromatic nitrogens is 4. The third kappa shape index (κ3) is 2.75. The number of rotatable bonds is 2. The van der Waals surface area contributed by atoms with E-state index in [2.05, 4.69) is 47.9 Å². The molecule has 132 valence electrons. The molecule has 0 spiro atoms. The number of hydrogen-bond donors (Lipinski definition) is 0. The molecular formula is C20H22N6. The van der Waals surface area contributed by atoms with Crippen LogP contribution in [0.4, 0.5) is 11.5 Å². The summed E-state index contributed by atoms with van der Waals surface area (Å²) < 4.78 is 0. The number of anilines is 2. The zero-order valence-electron chi connectivity index (χ0n) is 14.8. The minimum atomic E-state index is 0.993. The Balaban J connectivity index is 1.34. The average molecular weight is 346 g/mol. The standard InChI is InChI=1S/C20H22N6/c1-2-4-19-17(3-1)20(24-14-23-19)26-9-7-25(8-10-26)16-5-6-18-15(11-16)12-21-13-22-18/h5-6,11-14H,1-4,7-10H2. The maximum atomic E-state index is 4.63. The van der Waals surface area contributed by atoms with E-state index in [0.717, 1.165) is 49.9 Å². The van der Waals surface area contributed by atoms with Crippen LogP contribution in [-0.2, 0) is 12.8 Å². The fraction of sp³-hybridized carbons (Fsp3) is 0.400. The highest BCUT2D eigenvalue weighted by molar-refractivity contribution is 5.81. The molecule has 1 aliphatic heterocycles. The van der Waals surface area contributed by atoms with Gasteiger partial charge in [0.15, 0.2) is 0 Å². The van der Waals surface area contributed by atoms with Gasteiger partial charge in [-0.3, -0.25) is 0 Å². The van der Waals surface area contributed by atoms with Crippen molar-refractivity contribution < 1.29 is 0 Å². The summed E-state index contributed by atoms with van der Waals surface area (Å²) in [6, 6.07) is 6.44. The van der Waals surface area contributed by atoms with Gasteiger partial charge in [0.25, 0.3) is 0 Å². The Morgan fingerprint density at radius 1 is 0.808 bits per heavy atom. The summed E-state index contributed by atoms with van der Waals surface area (Å²) in [5.74, 6) is 1.17. The molecule has 1 fully saturated rings. The molecule has 6 heteroatoms. The molecule has 0 bridgehead atoms. The van der Waals surface area contributed by atoms with Crippen molar-refractivity contribution in [3.63, 3.8) is 0 Å². The highest BCUT2D eigenvalue weighted by Gasteiger charge is 2.23. The Bertz CT molecular complexity index is 932. The van der Waals surface area contributed by atoms with Gasteiger partial charge in [0.05, 0.1) is 5.52 Å². The first-order chi connectivity index (χ1) is 12.9. The molecule has 1 saturated heterocycles. The second-order valence-electron chi connectivity index (χ2n) is 7.07. The van der Waals surface area contributed by atoms with Crippen LogP contribution in [0.15, 0.2) is 37.1 Å². The topological polar surface area (TPSA) is 58.0 Å². The van der Waals surface area contributed by atoms with Gasteiger partial charge in [0.1, 0.15) is 18.5 Å². The maximum absolute atomic E-state index is 4.63. The van der Waals surface area contributed by atoms with E-state index in [0.29, 0.717) is 0 Å². The maximum Gasteiger partial charge on any atom is 0.135 e. The van der Waals surface area contributed by atoms with E-state index in [1.54, 1.807) is 12.7 Å². The fourth-order valence-electron chi connectivity index (χ4n) is 4.12. The lowest BCUT2D eigenvalue weighted by molar-refractivity contribution is 0.623. The van der Waals surface area contributed by atoms with E-state index < -0.39 is 0 Å². The number of nitrogens with zero attached hydrogens (tertiary/aromatic N) is 6. The van der Waals surface area contributed by atoms with E-state index in [1.807, 2.05) is 6.20 Å². The van der Waals surface area contributed by atoms with Crippen molar-refractivity contribution in [2.75, 3.05) is 36.0 Å². The van der Waals surface area contributed by atoms with E-state index >= 15 is 0 Å². The lowest BCUT2D eigenvalue weighted by Crippen LogP contribution is -2.47. The molecule has 3 heterocycles. The molecule has 0 amide bonds. The van der Waals surface area contributed by atoms with Crippen LogP contribution < -0.4 is 9.80 Å². The normalized spacial score (nSPS) is 17.4. The van der Waals surface area contributed by atoms with Crippen molar-refractivity contribution in [1.82, 2.24) is 19.9 Å². The van der Waals surface area contributed by atoms with Gasteiger partial charge in [-0.05, 0) is 43.9 Å². The zero-order chi connectivity index (χ0) is 17.3. The van der Waals surface area contributed by atoms with Crippen LogP contribution in [0, 0.1) is 0 Å². The van der Waals surface area contributed by atoms with E-state index in [9.17, 15) is 0 Å². The Kier molecular flexibility index (Phi) is 3.88. The van der Waals surface area contributed by atoms with Gasteiger partial charge in [0.2, 0.25) is 0 Å². The summed E-state index contributed by atoms with van der Waals surface area (Å²) in [6.45, 7) is 3.98. The number of hydrogen-bond acceptors (Lipinski definition) is 6. The molecule has 26 heavy (non-hydrogen) atoms. The predicted octanol–water partition coefficient (Wildman–Crippen LogP) is 2.63. The number of aryl methyl sites for hydroxylation is 1. The van der Waals surface area contributed by atoms with Gasteiger partial charge in [0, 0.05) is 54.7 Å². The van der Waals surface area contributed by atoms with Gasteiger partial charge in [-0.1, -0.05) is 0 Å². The summed E-state index contributed by atoms with van der Waals surface area (Å²) >= 11 is 0. The largest absolute Gasteiger partial charge is 0.368 e. The van der Waals surface area contributed by atoms with E-state index in [1.165, 1.54) is 35.6 Å². The highest BCUT2D eigenvalue weighted by atomic mass is 15.3. The second kappa shape index (κ2) is 6.52. The van der Waals surface area contributed by atoms with Crippen molar-refractivity contribution in [3.05, 3.63) is 48.3 Å². The summed E-state index contributed by atoms with van der Waals surface area (Å²) in [5, 5.41) is 1.09. The lowest BCUT2D eigenvalue weighted by atomic mass is 9.96. The van der Waals surface area contributed by atoms with Crippen LogP contribution in [0.1, 0.15) is 24.1 Å². The molecule has 1 aromatic carbocycles. The van der Waals surface area contributed by atoms with Crippen LogP contribution in [0.2, 0.25) is 0 Å². The average Bonchev–Trinajstić information content (AvgIpc) is 2.73. The van der Waals surface area contributed by atoms with Crippen LogP contribution in [0.25, 0.3) is 10.9 Å². The minimum Gasteiger partial charge on any atom is -0.368 e. The number of benzene rings is 1. The van der Waals surface area contributed by atoms with Gasteiger partial charge in [-0.2, -0.15) is 0 Å². The molecule has 0 atom stereocenters. The summed E-state index contributed by atoms with van der Waals surface area (Å²) in [5.41, 5.74) is 4.89. The fourth-order valence-corrected chi connectivity index (χ4v) is 4.12. The molecule has 0 radical (unpaired) electrons. The van der Waals surface area contributed by atoms with Crippen LogP contribution >= 0.6 is 0 Å². The van der Waals surface area contributed by atoms with Crippen molar-refractivity contribution in [2.45, 2.75) is 25.7 Å². The summed E-state index contributed by atoms with van der Waals surface area (Å²) in [7, 11) is 0. The Labute approximate surface area is 152 Å². The van der Waals surface area contributed by atoms with Crippen molar-refractivity contribution in [3.8, 4) is 0 Å². The molecule has 3 aromatic rings. The number of piperazine rings is 1. The molecule has 5 rings (SSSR count). The van der Waals surface area contributed by atoms with Gasteiger partial charge in [-0.15, -0.1) is 0 Å². The summed E-state index contributed by atoms with van der Waals surface area (Å²) in [6.07, 6.45) is 9.96. The lowest BCUT2D eigenvalue weighted by Gasteiger charge is -2.38. The molecule has 1 aliphatic carbocycles. The van der Waals surface area contributed by atoms with Crippen molar-refractivity contribution in [2.24, 2.45) is 0 Å². The quantitative estimate of drug-likeness (QED) is 0.711. The van der Waals surface area contributed by atoms with Gasteiger partial charge < -0.3 is 9.80 Å². The molecular weight excluding hydrogens is 324 g/mol. The van der Waals surface area contributed by atoms with E-state index in [-0.39, 0.29) is 0 Å². The van der Waals surface area contributed by atoms with Crippen LogP contribution in [0.3, 0.4) is 0 Å². The Morgan fingerprint density at radius 2 is 1.65 bits per heavy atom. The van der Waals surface area contributed by atoms with Crippen molar-refractivity contribution >= 4 is 22.4 Å². The second-order valence-corrected chi connectivity index (χ2v) is 7.07. The smallest absolute Gasteiger partial charge is 0.135 e. The van der Waals surface area contributed by atoms with Gasteiger partial charge >= 0.3 is 0 Å².